The number of fused-ring (bicyclic) bond motifs is 1. The highest BCUT2D eigenvalue weighted by molar-refractivity contribution is 8.30. The maximum Gasteiger partial charge on any atom is 0.323 e. The van der Waals surface area contributed by atoms with E-state index in [1.54, 1.807) is 6.07 Å². The maximum atomic E-state index is 13.8. The number of thiazole rings is 1. The molecule has 4 rings (SSSR count). The molecule has 0 atom stereocenters. The van der Waals surface area contributed by atoms with E-state index in [0.29, 0.717) is 29.1 Å². The number of aliphatic carboxylic acids is 3. The molecule has 0 spiro atoms. The summed E-state index contributed by atoms with van der Waals surface area (Å²) in [6, 6.07) is 5.48. The average molecular weight is 666 g/mol. The molecule has 1 saturated heterocycles. The van der Waals surface area contributed by atoms with E-state index in [9.17, 15) is 44.4 Å². The number of aliphatic hydroxyl groups excluding tert-OH is 1. The molecule has 0 radical (unpaired) electrons. The normalized spacial score (nSPS) is 17.7. The van der Waals surface area contributed by atoms with Crippen LogP contribution in [0.2, 0.25) is 0 Å². The van der Waals surface area contributed by atoms with Crippen LogP contribution in [0.4, 0.5) is 5.69 Å². The standard InChI is InChI=1S/C27H27N3O9S4/c1-13(2)15(9-18-28(7-3-4-19(32)33)16-8-14(12-31)5-6-17(16)41-18)22-24(38)29(10-20(34)35)26(42-22)23-25(39)30(11-21(36)37)27(40)43-23/h5-6,8-9,13,31H,3-4,7,10-12H2,1-2H3,(H,32,33)(H,34,35)(H,36,37). The van der Waals surface area contributed by atoms with E-state index in [1.807, 2.05) is 37.0 Å². The lowest BCUT2D eigenvalue weighted by Crippen LogP contribution is -2.37. The predicted octanol–water partition coefficient (Wildman–Crippen LogP) is 1.67. The van der Waals surface area contributed by atoms with E-state index in [2.05, 4.69) is 0 Å². The molecule has 1 amide bonds. The van der Waals surface area contributed by atoms with Crippen molar-refractivity contribution in [1.82, 2.24) is 9.47 Å². The van der Waals surface area contributed by atoms with Gasteiger partial charge in [0.1, 0.15) is 27.0 Å². The number of nitrogens with zero attached hydrogens (tertiary/aromatic N) is 3. The van der Waals surface area contributed by atoms with E-state index in [1.165, 1.54) is 11.8 Å². The van der Waals surface area contributed by atoms with Crippen LogP contribution in [0.15, 0.2) is 39.0 Å². The Morgan fingerprint density at radius 1 is 1.00 bits per heavy atom. The van der Waals surface area contributed by atoms with Gasteiger partial charge in [0, 0.05) is 17.9 Å². The largest absolute Gasteiger partial charge is 0.481 e. The number of carbonyl (C=O) groups excluding carboxylic acids is 1. The van der Waals surface area contributed by atoms with Crippen LogP contribution >= 0.6 is 47.1 Å². The number of aliphatic hydroxyl groups is 1. The van der Waals surface area contributed by atoms with E-state index >= 15 is 0 Å². The lowest BCUT2D eigenvalue weighted by Gasteiger charge is -2.21. The third kappa shape index (κ3) is 7.04. The fourth-order valence-electron chi connectivity index (χ4n) is 4.44. The second kappa shape index (κ2) is 13.5. The number of hydrogen-bond acceptors (Lipinski definition) is 11. The summed E-state index contributed by atoms with van der Waals surface area (Å²) < 4.78 is 1.25. The Morgan fingerprint density at radius 3 is 2.30 bits per heavy atom. The number of carboxylic acid groups (broad SMARTS) is 3. The van der Waals surface area contributed by atoms with Crippen molar-refractivity contribution in [3.8, 4) is 0 Å². The first kappa shape index (κ1) is 32.5. The van der Waals surface area contributed by atoms with E-state index in [-0.39, 0.29) is 37.4 Å². The van der Waals surface area contributed by atoms with Crippen molar-refractivity contribution in [3.63, 3.8) is 0 Å². The quantitative estimate of drug-likeness (QED) is 0.255. The van der Waals surface area contributed by atoms with E-state index in [0.717, 1.165) is 43.1 Å². The summed E-state index contributed by atoms with van der Waals surface area (Å²) in [4.78, 5) is 64.8. The zero-order valence-corrected chi connectivity index (χ0v) is 26.2. The number of aromatic nitrogens is 1. The number of hydrogen-bond donors (Lipinski definition) is 4. The zero-order chi connectivity index (χ0) is 31.6. The third-order valence-corrected chi connectivity index (χ3v) is 10.3. The molecule has 1 aromatic carbocycles. The van der Waals surface area contributed by atoms with Crippen LogP contribution in [0.1, 0.15) is 32.3 Å². The Labute approximate surface area is 262 Å². The lowest BCUT2D eigenvalue weighted by molar-refractivity contribution is -0.140. The molecule has 228 valence electrons. The molecule has 0 unspecified atom stereocenters. The Hall–Kier alpha value is -3.44. The molecule has 16 heteroatoms. The molecular formula is C27H27N3O9S4. The molecule has 0 aliphatic carbocycles. The van der Waals surface area contributed by atoms with E-state index < -0.39 is 42.5 Å². The summed E-state index contributed by atoms with van der Waals surface area (Å²) in [5.74, 6) is -4.46. The molecule has 2 aliphatic rings. The zero-order valence-electron chi connectivity index (χ0n) is 22.9. The van der Waals surface area contributed by atoms with Crippen LogP contribution in [0.25, 0.3) is 10.5 Å². The summed E-state index contributed by atoms with van der Waals surface area (Å²) in [7, 11) is 0. The number of rotatable bonds is 11. The summed E-state index contributed by atoms with van der Waals surface area (Å²) in [5, 5.41) is 38.3. The molecule has 0 bridgehead atoms. The van der Waals surface area contributed by atoms with Crippen LogP contribution in [0.5, 0.6) is 0 Å². The Balaban J connectivity index is 1.93. The number of anilines is 1. The number of thiocarbonyl (C=S) groups is 1. The van der Waals surface area contributed by atoms with Gasteiger partial charge in [0.05, 0.1) is 21.9 Å². The van der Waals surface area contributed by atoms with Crippen LogP contribution in [-0.2, 0) is 32.3 Å². The fourth-order valence-corrected chi connectivity index (χ4v) is 8.27. The number of carboxylic acids is 3. The van der Waals surface area contributed by atoms with Crippen LogP contribution in [-0.4, -0.2) is 71.1 Å². The van der Waals surface area contributed by atoms with Gasteiger partial charge in [-0.1, -0.05) is 55.7 Å². The predicted molar refractivity (Wildman–Crippen MR) is 167 cm³/mol. The van der Waals surface area contributed by atoms with Gasteiger partial charge in [0.15, 0.2) is 0 Å². The van der Waals surface area contributed by atoms with E-state index in [4.69, 9.17) is 12.2 Å². The average Bonchev–Trinajstić information content (AvgIpc) is 3.53. The summed E-state index contributed by atoms with van der Waals surface area (Å²) >= 11 is 8.37. The van der Waals surface area contributed by atoms with Crippen molar-refractivity contribution in [3.05, 3.63) is 54.4 Å². The summed E-state index contributed by atoms with van der Waals surface area (Å²) in [5.41, 5.74) is 1.43. The van der Waals surface area contributed by atoms with Crippen molar-refractivity contribution in [2.45, 2.75) is 44.7 Å². The van der Waals surface area contributed by atoms with Gasteiger partial charge in [-0.25, -0.2) is 0 Å². The fraction of sp³-hybridized carbons (Fsp3) is 0.333. The minimum atomic E-state index is -1.30. The number of benzene rings is 1. The number of thioether (sulfide) groups is 2. The van der Waals surface area contributed by atoms with Crippen LogP contribution in [0, 0.1) is 5.92 Å². The first-order chi connectivity index (χ1) is 20.3. The van der Waals surface area contributed by atoms with Crippen LogP contribution in [0.3, 0.4) is 0 Å². The molecule has 1 aromatic heterocycles. The highest BCUT2D eigenvalue weighted by Gasteiger charge is 2.36. The third-order valence-electron chi connectivity index (χ3n) is 6.43. The Kier molecular flexibility index (Phi) is 10.2. The Morgan fingerprint density at radius 2 is 1.70 bits per heavy atom. The van der Waals surface area contributed by atoms with Gasteiger partial charge in [-0.15, -0.1) is 11.3 Å². The number of carbonyl (C=O) groups is 4. The van der Waals surface area contributed by atoms with Gasteiger partial charge in [0.25, 0.3) is 11.5 Å². The lowest BCUT2D eigenvalue weighted by atomic mass is 10.0. The second-order valence-corrected chi connectivity index (χ2v) is 13.5. The van der Waals surface area contributed by atoms with Gasteiger partial charge in [0.2, 0.25) is 0 Å². The van der Waals surface area contributed by atoms with Crippen molar-refractivity contribution in [2.24, 2.45) is 5.92 Å². The highest BCUT2D eigenvalue weighted by atomic mass is 32.2. The first-order valence-electron chi connectivity index (χ1n) is 12.9. The first-order valence-corrected chi connectivity index (χ1v) is 15.8. The molecule has 2 aromatic rings. The molecule has 12 nitrogen and oxygen atoms in total. The molecular weight excluding hydrogens is 639 g/mol. The number of allylic oxidation sites excluding steroid dienone is 1. The summed E-state index contributed by atoms with van der Waals surface area (Å²) in [6.07, 6.45) is 2.10. The topological polar surface area (TPSA) is 178 Å². The smallest absolute Gasteiger partial charge is 0.323 e. The maximum absolute atomic E-state index is 13.8. The second-order valence-electron chi connectivity index (χ2n) is 9.81. The van der Waals surface area contributed by atoms with Crippen molar-refractivity contribution in [2.75, 3.05) is 18.0 Å². The number of amides is 1. The van der Waals surface area contributed by atoms with Gasteiger partial charge < -0.3 is 25.3 Å². The minimum absolute atomic E-state index is 0.0128. The van der Waals surface area contributed by atoms with Crippen molar-refractivity contribution in [1.29, 1.82) is 0 Å². The Bertz CT molecular complexity index is 1740. The van der Waals surface area contributed by atoms with Gasteiger partial charge in [-0.3, -0.25) is 33.4 Å². The minimum Gasteiger partial charge on any atom is -0.481 e. The van der Waals surface area contributed by atoms with Gasteiger partial charge >= 0.3 is 17.9 Å². The molecule has 1 fully saturated rings. The summed E-state index contributed by atoms with van der Waals surface area (Å²) in [6.45, 7) is 2.53. The van der Waals surface area contributed by atoms with Gasteiger partial charge in [-0.05, 0) is 41.7 Å². The highest BCUT2D eigenvalue weighted by Crippen LogP contribution is 2.47. The van der Waals surface area contributed by atoms with Crippen molar-refractivity contribution < 1.29 is 39.6 Å². The molecule has 4 N–H and O–H groups in total. The van der Waals surface area contributed by atoms with Gasteiger partial charge in [-0.2, -0.15) is 0 Å². The molecule has 2 aliphatic heterocycles. The molecule has 43 heavy (non-hydrogen) atoms. The van der Waals surface area contributed by atoms with Crippen molar-refractivity contribution >= 4 is 91.4 Å². The molecule has 0 saturated carbocycles. The van der Waals surface area contributed by atoms with Crippen LogP contribution < -0.4 is 19.7 Å². The molecule has 3 heterocycles. The SMILES string of the molecule is CC(C)C(C=C1Sc2ccc(CO)cc2N1CCCC(=O)O)=c1sc(=C2SC(=S)N(CC(=O)O)C2=O)n(CC(=O)O)c1=O. The monoisotopic (exact) mass is 665 g/mol.